The molecule has 6 heteroatoms. The second kappa shape index (κ2) is 5.31. The van der Waals surface area contributed by atoms with Gasteiger partial charge in [0.25, 0.3) is 0 Å². The van der Waals surface area contributed by atoms with E-state index in [0.717, 1.165) is 0 Å². The van der Waals surface area contributed by atoms with Crippen LogP contribution in [0.3, 0.4) is 0 Å². The van der Waals surface area contributed by atoms with E-state index < -0.39 is 5.97 Å². The molecule has 0 bridgehead atoms. The highest BCUT2D eigenvalue weighted by molar-refractivity contribution is 5.85. The molecule has 18 heavy (non-hydrogen) atoms. The van der Waals surface area contributed by atoms with Crippen LogP contribution < -0.4 is 4.74 Å². The summed E-state index contributed by atoms with van der Waals surface area (Å²) in [5.41, 5.74) is -0.143. The number of carbonyl (C=O) groups is 1. The molecule has 0 radical (unpaired) electrons. The molecule has 0 spiro atoms. The van der Waals surface area contributed by atoms with Crippen LogP contribution in [0.15, 0.2) is 34.9 Å². The van der Waals surface area contributed by atoms with E-state index in [0.29, 0.717) is 17.9 Å². The molecule has 5 nitrogen and oxygen atoms in total. The molecule has 1 N–H and O–H groups in total. The van der Waals surface area contributed by atoms with Crippen molar-refractivity contribution in [2.75, 3.05) is 6.61 Å². The molecule has 0 aliphatic heterocycles. The van der Waals surface area contributed by atoms with Gasteiger partial charge in [-0.05, 0) is 12.1 Å². The first-order valence-electron chi connectivity index (χ1n) is 5.22. The number of aromatic carboxylic acids is 1. The lowest BCUT2D eigenvalue weighted by atomic mass is 10.3. The number of rotatable bonds is 5. The van der Waals surface area contributed by atoms with Crippen molar-refractivity contribution < 1.29 is 23.6 Å². The number of nitrogens with zero attached hydrogens (tertiary/aromatic N) is 1. The highest BCUT2D eigenvalue weighted by Crippen LogP contribution is 2.12. The van der Waals surface area contributed by atoms with Gasteiger partial charge in [-0.15, -0.1) is 0 Å². The van der Waals surface area contributed by atoms with Gasteiger partial charge in [-0.1, -0.05) is 11.2 Å². The standard InChI is InChI=1S/C12H10FNO4/c13-8-2-1-3-9(6-8)17-5-4-10-7-11(12(15)16)14-18-10/h1-3,6-7H,4-5H2,(H,15,16). The molecular weight excluding hydrogens is 241 g/mol. The fraction of sp³-hybridized carbons (Fsp3) is 0.167. The van der Waals surface area contributed by atoms with E-state index in [1.54, 1.807) is 12.1 Å². The van der Waals surface area contributed by atoms with Crippen LogP contribution >= 0.6 is 0 Å². The first-order chi connectivity index (χ1) is 8.65. The number of benzene rings is 1. The van der Waals surface area contributed by atoms with Gasteiger partial charge in [-0.25, -0.2) is 9.18 Å². The molecule has 2 aromatic rings. The van der Waals surface area contributed by atoms with E-state index in [1.807, 2.05) is 0 Å². The Kier molecular flexibility index (Phi) is 3.57. The van der Waals surface area contributed by atoms with Gasteiger partial charge in [0.1, 0.15) is 17.3 Å². The zero-order valence-electron chi connectivity index (χ0n) is 9.30. The Morgan fingerprint density at radius 3 is 2.94 bits per heavy atom. The lowest BCUT2D eigenvalue weighted by molar-refractivity contribution is 0.0685. The third kappa shape index (κ3) is 3.07. The van der Waals surface area contributed by atoms with Crippen molar-refractivity contribution in [1.29, 1.82) is 0 Å². The fourth-order valence-corrected chi connectivity index (χ4v) is 1.36. The highest BCUT2D eigenvalue weighted by Gasteiger charge is 2.10. The molecule has 1 heterocycles. The molecule has 0 amide bonds. The van der Waals surface area contributed by atoms with Crippen molar-refractivity contribution in [3.8, 4) is 5.75 Å². The normalized spacial score (nSPS) is 10.3. The third-order valence-corrected chi connectivity index (χ3v) is 2.19. The summed E-state index contributed by atoms with van der Waals surface area (Å²) < 4.78 is 22.9. The van der Waals surface area contributed by atoms with Crippen molar-refractivity contribution in [2.24, 2.45) is 0 Å². The Morgan fingerprint density at radius 2 is 2.28 bits per heavy atom. The number of carboxylic acid groups (broad SMARTS) is 1. The fourth-order valence-electron chi connectivity index (χ4n) is 1.36. The summed E-state index contributed by atoms with van der Waals surface area (Å²) in [4.78, 5) is 10.6. The summed E-state index contributed by atoms with van der Waals surface area (Å²) in [6, 6.07) is 7.09. The van der Waals surface area contributed by atoms with Crippen molar-refractivity contribution in [2.45, 2.75) is 6.42 Å². The zero-order valence-corrected chi connectivity index (χ0v) is 9.30. The minimum absolute atomic E-state index is 0.143. The molecule has 2 rings (SSSR count). The van der Waals surface area contributed by atoms with Crippen LogP contribution in [0.4, 0.5) is 4.39 Å². The maximum Gasteiger partial charge on any atom is 0.358 e. The maximum absolute atomic E-state index is 12.8. The predicted octanol–water partition coefficient (Wildman–Crippen LogP) is 2.13. The van der Waals surface area contributed by atoms with Crippen LogP contribution in [0.2, 0.25) is 0 Å². The van der Waals surface area contributed by atoms with Crippen LogP contribution in [0.25, 0.3) is 0 Å². The molecule has 1 aromatic heterocycles. The maximum atomic E-state index is 12.8. The molecule has 0 saturated carbocycles. The van der Waals surface area contributed by atoms with E-state index >= 15 is 0 Å². The van der Waals surface area contributed by atoms with Crippen molar-refractivity contribution in [3.63, 3.8) is 0 Å². The molecule has 0 atom stereocenters. The number of ether oxygens (including phenoxy) is 1. The topological polar surface area (TPSA) is 72.6 Å². The Labute approximate surface area is 102 Å². The van der Waals surface area contributed by atoms with Gasteiger partial charge in [0.2, 0.25) is 0 Å². The van der Waals surface area contributed by atoms with E-state index in [1.165, 1.54) is 18.2 Å². The summed E-state index contributed by atoms with van der Waals surface area (Å²) in [5.74, 6) is -0.701. The van der Waals surface area contributed by atoms with E-state index in [4.69, 9.17) is 14.4 Å². The lowest BCUT2D eigenvalue weighted by Crippen LogP contribution is -2.00. The minimum Gasteiger partial charge on any atom is -0.493 e. The second-order valence-corrected chi connectivity index (χ2v) is 3.54. The van der Waals surface area contributed by atoms with Gasteiger partial charge < -0.3 is 14.4 Å². The lowest BCUT2D eigenvalue weighted by Gasteiger charge is -2.03. The largest absolute Gasteiger partial charge is 0.493 e. The minimum atomic E-state index is -1.14. The molecule has 94 valence electrons. The van der Waals surface area contributed by atoms with Crippen LogP contribution in [0.1, 0.15) is 16.2 Å². The smallest absolute Gasteiger partial charge is 0.358 e. The summed E-state index contributed by atoms with van der Waals surface area (Å²) in [6.07, 6.45) is 0.358. The number of hydrogen-bond donors (Lipinski definition) is 1. The number of halogens is 1. The SMILES string of the molecule is O=C(O)c1cc(CCOc2cccc(F)c2)on1. The molecule has 0 aliphatic rings. The third-order valence-electron chi connectivity index (χ3n) is 2.19. The highest BCUT2D eigenvalue weighted by atomic mass is 19.1. The van der Waals surface area contributed by atoms with E-state index in [2.05, 4.69) is 5.16 Å². The molecule has 0 aliphatic carbocycles. The van der Waals surface area contributed by atoms with Gasteiger partial charge in [-0.2, -0.15) is 0 Å². The second-order valence-electron chi connectivity index (χ2n) is 3.54. The summed E-state index contributed by atoms with van der Waals surface area (Å²) in [5, 5.41) is 12.0. The van der Waals surface area contributed by atoms with Gasteiger partial charge in [0, 0.05) is 18.6 Å². The van der Waals surface area contributed by atoms with Crippen molar-refractivity contribution >= 4 is 5.97 Å². The Hall–Kier alpha value is -2.37. The predicted molar refractivity (Wildman–Crippen MR) is 59.1 cm³/mol. The first-order valence-corrected chi connectivity index (χ1v) is 5.22. The van der Waals surface area contributed by atoms with Gasteiger partial charge in [0.15, 0.2) is 5.69 Å². The Morgan fingerprint density at radius 1 is 1.44 bits per heavy atom. The van der Waals surface area contributed by atoms with Crippen molar-refractivity contribution in [3.05, 3.63) is 47.6 Å². The van der Waals surface area contributed by atoms with Gasteiger partial charge in [-0.3, -0.25) is 0 Å². The van der Waals surface area contributed by atoms with Crippen LogP contribution in [-0.4, -0.2) is 22.8 Å². The van der Waals surface area contributed by atoms with Crippen LogP contribution in [-0.2, 0) is 6.42 Å². The van der Waals surface area contributed by atoms with Crippen LogP contribution in [0, 0.1) is 5.82 Å². The number of aromatic nitrogens is 1. The number of hydrogen-bond acceptors (Lipinski definition) is 4. The van der Waals surface area contributed by atoms with Crippen LogP contribution in [0.5, 0.6) is 5.75 Å². The van der Waals surface area contributed by atoms with Crippen molar-refractivity contribution in [1.82, 2.24) is 5.16 Å². The monoisotopic (exact) mass is 251 g/mol. The van der Waals surface area contributed by atoms with Gasteiger partial charge >= 0.3 is 5.97 Å². The summed E-state index contributed by atoms with van der Waals surface area (Å²) in [6.45, 7) is 0.248. The number of carboxylic acids is 1. The Balaban J connectivity index is 1.86. The van der Waals surface area contributed by atoms with E-state index in [-0.39, 0.29) is 18.1 Å². The first kappa shape index (κ1) is 12.1. The molecule has 0 fully saturated rings. The summed E-state index contributed by atoms with van der Waals surface area (Å²) in [7, 11) is 0. The van der Waals surface area contributed by atoms with Gasteiger partial charge in [0.05, 0.1) is 6.61 Å². The quantitative estimate of drug-likeness (QED) is 0.881. The molecular formula is C12H10FNO4. The zero-order chi connectivity index (χ0) is 13.0. The molecule has 0 unspecified atom stereocenters. The summed E-state index contributed by atoms with van der Waals surface area (Å²) >= 11 is 0. The molecule has 0 saturated heterocycles. The Bertz CT molecular complexity index is 553. The average molecular weight is 251 g/mol. The van der Waals surface area contributed by atoms with E-state index in [9.17, 15) is 9.18 Å². The average Bonchev–Trinajstić information content (AvgIpc) is 2.78. The molecule has 1 aromatic carbocycles.